The summed E-state index contributed by atoms with van der Waals surface area (Å²) in [6.45, 7) is 2.03. The Balaban J connectivity index is 1.66. The first kappa shape index (κ1) is 13.0. The van der Waals surface area contributed by atoms with Gasteiger partial charge in [0.1, 0.15) is 0 Å². The van der Waals surface area contributed by atoms with Gasteiger partial charge in [-0.05, 0) is 38.1 Å². The van der Waals surface area contributed by atoms with Gasteiger partial charge in [-0.2, -0.15) is 0 Å². The van der Waals surface area contributed by atoms with E-state index >= 15 is 0 Å². The first-order valence-electron chi connectivity index (χ1n) is 6.61. The predicted molar refractivity (Wildman–Crippen MR) is 67.5 cm³/mol. The monoisotopic (exact) mass is 251 g/mol. The van der Waals surface area contributed by atoms with Crippen molar-refractivity contribution in [3.8, 4) is 0 Å². The molecule has 1 aromatic heterocycles. The number of hydrogen-bond donors (Lipinski definition) is 2. The van der Waals surface area contributed by atoms with Crippen molar-refractivity contribution in [2.45, 2.75) is 32.2 Å². The van der Waals surface area contributed by atoms with Crippen molar-refractivity contribution in [1.29, 1.82) is 0 Å². The summed E-state index contributed by atoms with van der Waals surface area (Å²) in [6.07, 6.45) is 7.53. The Morgan fingerprint density at radius 1 is 1.39 bits per heavy atom. The summed E-state index contributed by atoms with van der Waals surface area (Å²) in [7, 11) is 0. The van der Waals surface area contributed by atoms with Gasteiger partial charge in [0.25, 0.3) is 0 Å². The van der Waals surface area contributed by atoms with E-state index in [1.807, 2.05) is 0 Å². The van der Waals surface area contributed by atoms with E-state index in [0.29, 0.717) is 19.0 Å². The first-order chi connectivity index (χ1) is 8.79. The van der Waals surface area contributed by atoms with Crippen molar-refractivity contribution in [1.82, 2.24) is 20.3 Å². The van der Waals surface area contributed by atoms with Gasteiger partial charge in [0.15, 0.2) is 0 Å². The molecular formula is C12H21N5O. The number of carbonyl (C=O) groups is 1. The van der Waals surface area contributed by atoms with Crippen LogP contribution in [0.15, 0.2) is 12.4 Å². The lowest BCUT2D eigenvalue weighted by Crippen LogP contribution is -2.35. The highest BCUT2D eigenvalue weighted by molar-refractivity contribution is 5.78. The Hall–Kier alpha value is -1.43. The highest BCUT2D eigenvalue weighted by Gasteiger charge is 2.25. The summed E-state index contributed by atoms with van der Waals surface area (Å²) >= 11 is 0. The molecule has 1 aliphatic rings. The average molecular weight is 251 g/mol. The van der Waals surface area contributed by atoms with Gasteiger partial charge < -0.3 is 11.1 Å². The molecule has 6 heteroatoms. The standard InChI is InChI=1S/C12H21N5O/c13-9-10-1-3-11(4-2-10)12(18)14-5-7-17-8-6-15-16-17/h6,8,10-11H,1-5,7,9,13H2,(H,14,18). The molecule has 3 N–H and O–H groups in total. The molecule has 0 aromatic carbocycles. The molecule has 6 nitrogen and oxygen atoms in total. The number of nitrogens with one attached hydrogen (secondary N) is 1. The molecule has 1 aromatic rings. The summed E-state index contributed by atoms with van der Waals surface area (Å²) in [6, 6.07) is 0. The minimum atomic E-state index is 0.170. The molecule has 0 spiro atoms. The van der Waals surface area contributed by atoms with E-state index < -0.39 is 0 Å². The summed E-state index contributed by atoms with van der Waals surface area (Å²) in [4.78, 5) is 11.9. The lowest BCUT2D eigenvalue weighted by atomic mass is 9.81. The number of nitrogens with zero attached hydrogens (tertiary/aromatic N) is 3. The van der Waals surface area contributed by atoms with Crippen LogP contribution in [0.25, 0.3) is 0 Å². The van der Waals surface area contributed by atoms with Gasteiger partial charge in [0, 0.05) is 18.7 Å². The molecule has 2 rings (SSSR count). The lowest BCUT2D eigenvalue weighted by molar-refractivity contribution is -0.126. The largest absolute Gasteiger partial charge is 0.354 e. The van der Waals surface area contributed by atoms with Crippen LogP contribution in [-0.2, 0) is 11.3 Å². The Labute approximate surface area is 107 Å². The summed E-state index contributed by atoms with van der Waals surface area (Å²) < 4.78 is 1.71. The number of carbonyl (C=O) groups excluding carboxylic acids is 1. The second kappa shape index (κ2) is 6.49. The highest BCUT2D eigenvalue weighted by Crippen LogP contribution is 2.27. The van der Waals surface area contributed by atoms with Gasteiger partial charge in [0.2, 0.25) is 5.91 Å². The van der Waals surface area contributed by atoms with Crippen molar-refractivity contribution >= 4 is 5.91 Å². The van der Waals surface area contributed by atoms with E-state index in [-0.39, 0.29) is 11.8 Å². The molecule has 0 atom stereocenters. The van der Waals surface area contributed by atoms with Crippen molar-refractivity contribution in [3.05, 3.63) is 12.4 Å². The second-order valence-corrected chi connectivity index (χ2v) is 4.91. The van der Waals surface area contributed by atoms with Crippen LogP contribution in [0.3, 0.4) is 0 Å². The first-order valence-corrected chi connectivity index (χ1v) is 6.61. The Morgan fingerprint density at radius 3 is 2.78 bits per heavy atom. The molecule has 0 unspecified atom stereocenters. The molecule has 0 saturated heterocycles. The fourth-order valence-electron chi connectivity index (χ4n) is 2.45. The maximum atomic E-state index is 11.9. The van der Waals surface area contributed by atoms with E-state index in [4.69, 9.17) is 5.73 Å². The van der Waals surface area contributed by atoms with Crippen molar-refractivity contribution in [2.75, 3.05) is 13.1 Å². The third-order valence-corrected chi connectivity index (χ3v) is 3.66. The fraction of sp³-hybridized carbons (Fsp3) is 0.750. The summed E-state index contributed by atoms with van der Waals surface area (Å²) in [5.74, 6) is 0.957. The molecule has 1 amide bonds. The molecule has 0 bridgehead atoms. The van der Waals surface area contributed by atoms with E-state index in [9.17, 15) is 4.79 Å². The zero-order valence-corrected chi connectivity index (χ0v) is 10.6. The number of amides is 1. The highest BCUT2D eigenvalue weighted by atomic mass is 16.1. The van der Waals surface area contributed by atoms with E-state index in [1.54, 1.807) is 17.1 Å². The van der Waals surface area contributed by atoms with Gasteiger partial charge in [-0.1, -0.05) is 5.21 Å². The SMILES string of the molecule is NCC1CCC(C(=O)NCCn2ccnn2)CC1. The van der Waals surface area contributed by atoms with Crippen LogP contribution < -0.4 is 11.1 Å². The van der Waals surface area contributed by atoms with Crippen LogP contribution in [0.2, 0.25) is 0 Å². The second-order valence-electron chi connectivity index (χ2n) is 4.91. The van der Waals surface area contributed by atoms with E-state index in [0.717, 1.165) is 32.2 Å². The Bertz CT molecular complexity index is 357. The topological polar surface area (TPSA) is 85.8 Å². The Kier molecular flexibility index (Phi) is 4.69. The fourth-order valence-corrected chi connectivity index (χ4v) is 2.45. The Morgan fingerprint density at radius 2 is 2.17 bits per heavy atom. The molecule has 1 aliphatic carbocycles. The van der Waals surface area contributed by atoms with Crippen LogP contribution in [0.4, 0.5) is 0 Å². The van der Waals surface area contributed by atoms with Gasteiger partial charge in [-0.3, -0.25) is 9.48 Å². The molecule has 1 heterocycles. The number of nitrogens with two attached hydrogens (primary N) is 1. The molecule has 1 fully saturated rings. The maximum Gasteiger partial charge on any atom is 0.223 e. The van der Waals surface area contributed by atoms with Gasteiger partial charge >= 0.3 is 0 Å². The molecule has 100 valence electrons. The molecule has 0 aliphatic heterocycles. The lowest BCUT2D eigenvalue weighted by Gasteiger charge is -2.26. The van der Waals surface area contributed by atoms with Crippen molar-refractivity contribution in [2.24, 2.45) is 17.6 Å². The third kappa shape index (κ3) is 3.53. The molecule has 1 saturated carbocycles. The van der Waals surface area contributed by atoms with Crippen LogP contribution in [-0.4, -0.2) is 34.0 Å². The normalized spacial score (nSPS) is 23.8. The van der Waals surface area contributed by atoms with Crippen LogP contribution in [0.5, 0.6) is 0 Å². The van der Waals surface area contributed by atoms with Crippen LogP contribution in [0, 0.1) is 11.8 Å². The zero-order valence-electron chi connectivity index (χ0n) is 10.6. The quantitative estimate of drug-likeness (QED) is 0.780. The van der Waals surface area contributed by atoms with E-state index in [1.165, 1.54) is 0 Å². The average Bonchev–Trinajstić information content (AvgIpc) is 2.92. The van der Waals surface area contributed by atoms with Crippen molar-refractivity contribution < 1.29 is 4.79 Å². The third-order valence-electron chi connectivity index (χ3n) is 3.66. The van der Waals surface area contributed by atoms with Crippen molar-refractivity contribution in [3.63, 3.8) is 0 Å². The molecule has 0 radical (unpaired) electrons. The van der Waals surface area contributed by atoms with E-state index in [2.05, 4.69) is 15.6 Å². The van der Waals surface area contributed by atoms with Crippen LogP contribution in [0.1, 0.15) is 25.7 Å². The number of hydrogen-bond acceptors (Lipinski definition) is 4. The van der Waals surface area contributed by atoms with Crippen LogP contribution >= 0.6 is 0 Å². The summed E-state index contributed by atoms with van der Waals surface area (Å²) in [5.41, 5.74) is 5.64. The number of rotatable bonds is 5. The molecular weight excluding hydrogens is 230 g/mol. The van der Waals surface area contributed by atoms with Gasteiger partial charge in [-0.15, -0.1) is 5.10 Å². The van der Waals surface area contributed by atoms with Gasteiger partial charge in [0.05, 0.1) is 12.7 Å². The zero-order chi connectivity index (χ0) is 12.8. The predicted octanol–water partition coefficient (Wildman–Crippen LogP) is 0.159. The minimum absolute atomic E-state index is 0.170. The molecule has 18 heavy (non-hydrogen) atoms. The summed E-state index contributed by atoms with van der Waals surface area (Å²) in [5, 5.41) is 10.5. The smallest absolute Gasteiger partial charge is 0.223 e. The maximum absolute atomic E-state index is 11.9. The minimum Gasteiger partial charge on any atom is -0.354 e. The number of aromatic nitrogens is 3. The van der Waals surface area contributed by atoms with Gasteiger partial charge in [-0.25, -0.2) is 0 Å².